The van der Waals surface area contributed by atoms with E-state index in [9.17, 15) is 0 Å². The van der Waals surface area contributed by atoms with Crippen molar-refractivity contribution in [3.63, 3.8) is 0 Å². The van der Waals surface area contributed by atoms with Crippen molar-refractivity contribution in [1.29, 1.82) is 0 Å². The molecule has 0 amide bonds. The van der Waals surface area contributed by atoms with Gasteiger partial charge in [0.15, 0.2) is 0 Å². The summed E-state index contributed by atoms with van der Waals surface area (Å²) in [6.45, 7) is 0. The van der Waals surface area contributed by atoms with Crippen LogP contribution in [0.1, 0.15) is 0 Å². The van der Waals surface area contributed by atoms with Gasteiger partial charge in [-0.05, 0) is 0 Å². The molecule has 0 aromatic heterocycles. The zero-order valence-electron chi connectivity index (χ0n) is 13.7. The topological polar surface area (TPSA) is 28.6 Å². The SMILES string of the molecule is CN(C)[PH](=N[PH](N(C)C)(N(C)C)N(C)C)N(C)C. The predicted molar refractivity (Wildman–Crippen MR) is 87.5 cm³/mol. The van der Waals surface area contributed by atoms with E-state index in [0.29, 0.717) is 0 Å². The minimum atomic E-state index is -2.13. The van der Waals surface area contributed by atoms with Crippen LogP contribution in [0.3, 0.4) is 0 Å². The molecule has 0 fully saturated rings. The quantitative estimate of drug-likeness (QED) is 0.692. The predicted octanol–water partition coefficient (Wildman–Crippen LogP) is 1.43. The Morgan fingerprint density at radius 1 is 0.611 bits per heavy atom. The molecule has 0 aromatic carbocycles. The van der Waals surface area contributed by atoms with Crippen LogP contribution in [0.5, 0.6) is 0 Å². The second kappa shape index (κ2) is 7.30. The molecule has 0 aliphatic carbocycles. The molecule has 0 N–H and O–H groups in total. The Hall–Kier alpha value is 0.460. The summed E-state index contributed by atoms with van der Waals surface area (Å²) in [6, 6.07) is 0. The molecule has 0 bridgehead atoms. The molecule has 0 aliphatic heterocycles. The summed E-state index contributed by atoms with van der Waals surface area (Å²) >= 11 is 0. The van der Waals surface area contributed by atoms with Crippen LogP contribution in [0, 0.1) is 0 Å². The van der Waals surface area contributed by atoms with Crippen molar-refractivity contribution in [2.45, 2.75) is 0 Å². The van der Waals surface area contributed by atoms with E-state index in [2.05, 4.69) is 93.8 Å². The van der Waals surface area contributed by atoms with Crippen LogP contribution < -0.4 is 0 Å². The van der Waals surface area contributed by atoms with Gasteiger partial charge in [-0.25, -0.2) is 0 Å². The maximum absolute atomic E-state index is 5.28. The molecule has 0 radical (unpaired) electrons. The Kier molecular flexibility index (Phi) is 7.48. The fourth-order valence-corrected chi connectivity index (χ4v) is 10.5. The third-order valence-corrected chi connectivity index (χ3v) is 10.1. The van der Waals surface area contributed by atoms with Crippen LogP contribution in [-0.4, -0.2) is 93.8 Å². The summed E-state index contributed by atoms with van der Waals surface area (Å²) in [4.78, 5) is 0. The van der Waals surface area contributed by atoms with Crippen molar-refractivity contribution in [1.82, 2.24) is 23.4 Å². The van der Waals surface area contributed by atoms with Crippen LogP contribution >= 0.6 is 15.9 Å². The Bertz CT molecular complexity index is 256. The molecule has 112 valence electrons. The van der Waals surface area contributed by atoms with Gasteiger partial charge in [-0.1, -0.05) is 0 Å². The standard InChI is InChI=1S/C10H32N6P2/c1-12(2)17(13(3)4)11-18(14(5)6,15(7)8)16(9)10/h17-18H,1-10H3. The van der Waals surface area contributed by atoms with E-state index in [0.717, 1.165) is 0 Å². The van der Waals surface area contributed by atoms with E-state index in [-0.39, 0.29) is 0 Å². The van der Waals surface area contributed by atoms with Crippen molar-refractivity contribution in [2.75, 3.05) is 70.5 Å². The first-order chi connectivity index (χ1) is 8.07. The van der Waals surface area contributed by atoms with Crippen molar-refractivity contribution in [3.05, 3.63) is 0 Å². The van der Waals surface area contributed by atoms with Crippen molar-refractivity contribution < 1.29 is 0 Å². The fourth-order valence-electron chi connectivity index (χ4n) is 2.23. The molecular weight excluding hydrogens is 266 g/mol. The molecule has 0 atom stereocenters. The second-order valence-corrected chi connectivity index (χ2v) is 12.7. The molecule has 6 nitrogen and oxygen atoms in total. The van der Waals surface area contributed by atoms with E-state index in [1.54, 1.807) is 0 Å². The molecule has 0 unspecified atom stereocenters. The third kappa shape index (κ3) is 3.97. The average Bonchev–Trinajstić information content (AvgIpc) is 2.15. The zero-order valence-corrected chi connectivity index (χ0v) is 15.7. The van der Waals surface area contributed by atoms with Gasteiger partial charge in [0.2, 0.25) is 0 Å². The van der Waals surface area contributed by atoms with Gasteiger partial charge < -0.3 is 0 Å². The fraction of sp³-hybridized carbons (Fsp3) is 1.00. The van der Waals surface area contributed by atoms with Gasteiger partial charge in [0.1, 0.15) is 0 Å². The molecule has 8 heteroatoms. The van der Waals surface area contributed by atoms with Crippen molar-refractivity contribution in [2.24, 2.45) is 4.52 Å². The number of nitrogens with zero attached hydrogens (tertiary/aromatic N) is 6. The normalized spacial score (nSPS) is 14.7. The number of hydrogen-bond donors (Lipinski definition) is 0. The van der Waals surface area contributed by atoms with E-state index < -0.39 is 15.9 Å². The van der Waals surface area contributed by atoms with Crippen LogP contribution in [0.25, 0.3) is 0 Å². The number of hydrogen-bond acceptors (Lipinski definition) is 4. The van der Waals surface area contributed by atoms with Gasteiger partial charge in [-0.15, -0.1) is 0 Å². The maximum atomic E-state index is 5.28. The first kappa shape index (κ1) is 18.5. The summed E-state index contributed by atoms with van der Waals surface area (Å²) in [5, 5.41) is 0. The molecule has 0 aliphatic rings. The molecular formula is C10H32N6P2. The van der Waals surface area contributed by atoms with Gasteiger partial charge in [-0.2, -0.15) is 0 Å². The third-order valence-electron chi connectivity index (χ3n) is 2.85. The first-order valence-corrected chi connectivity index (χ1v) is 9.17. The molecule has 0 saturated heterocycles. The minimum absolute atomic E-state index is 1.04. The van der Waals surface area contributed by atoms with Crippen LogP contribution in [0.4, 0.5) is 0 Å². The van der Waals surface area contributed by atoms with Crippen LogP contribution in [-0.2, 0) is 0 Å². The molecule has 0 saturated carbocycles. The Morgan fingerprint density at radius 2 is 0.889 bits per heavy atom. The first-order valence-electron chi connectivity index (χ1n) is 6.04. The Labute approximate surface area is 115 Å². The van der Waals surface area contributed by atoms with Gasteiger partial charge in [0, 0.05) is 0 Å². The Morgan fingerprint density at radius 3 is 1.06 bits per heavy atom. The van der Waals surface area contributed by atoms with Gasteiger partial charge in [0.05, 0.1) is 0 Å². The van der Waals surface area contributed by atoms with Crippen molar-refractivity contribution >= 4 is 15.9 Å². The van der Waals surface area contributed by atoms with Crippen molar-refractivity contribution in [3.8, 4) is 0 Å². The molecule has 0 rings (SSSR count). The van der Waals surface area contributed by atoms with Gasteiger partial charge >= 0.3 is 114 Å². The Balaban J connectivity index is 5.79. The van der Waals surface area contributed by atoms with E-state index in [4.69, 9.17) is 4.52 Å². The van der Waals surface area contributed by atoms with Crippen LogP contribution in [0.2, 0.25) is 0 Å². The number of rotatable bonds is 6. The summed E-state index contributed by atoms with van der Waals surface area (Å²) in [5.41, 5.74) is 0. The summed E-state index contributed by atoms with van der Waals surface area (Å²) in [6.07, 6.45) is 0. The van der Waals surface area contributed by atoms with Crippen LogP contribution in [0.15, 0.2) is 4.52 Å². The molecule has 0 aromatic rings. The summed E-state index contributed by atoms with van der Waals surface area (Å²) < 4.78 is 16.6. The summed E-state index contributed by atoms with van der Waals surface area (Å²) in [7, 11) is 18.0. The van der Waals surface area contributed by atoms with Gasteiger partial charge in [-0.3, -0.25) is 0 Å². The monoisotopic (exact) mass is 298 g/mol. The molecule has 0 heterocycles. The second-order valence-electron chi connectivity index (χ2n) is 5.48. The van der Waals surface area contributed by atoms with E-state index in [1.165, 1.54) is 0 Å². The van der Waals surface area contributed by atoms with E-state index in [1.807, 2.05) is 0 Å². The average molecular weight is 298 g/mol. The van der Waals surface area contributed by atoms with Gasteiger partial charge in [0.25, 0.3) is 0 Å². The molecule has 18 heavy (non-hydrogen) atoms. The summed E-state index contributed by atoms with van der Waals surface area (Å²) in [5.74, 6) is 0. The zero-order chi connectivity index (χ0) is 14.7. The van der Waals surface area contributed by atoms with E-state index >= 15 is 0 Å². The molecule has 0 spiro atoms.